The normalized spacial score (nSPS) is 20.9. The smallest absolute Gasteiger partial charge is 0.196 e. The van der Waals surface area contributed by atoms with Gasteiger partial charge in [-0.15, -0.1) is 0 Å². The Hall–Kier alpha value is -3.51. The lowest BCUT2D eigenvalue weighted by molar-refractivity contribution is 0.0972. The minimum absolute atomic E-state index is 0.0520. The molecule has 5 heteroatoms. The van der Waals surface area contributed by atoms with Crippen LogP contribution in [0.1, 0.15) is 146 Å². The van der Waals surface area contributed by atoms with Gasteiger partial charge in [-0.05, 0) is 140 Å². The predicted octanol–water partition coefficient (Wildman–Crippen LogP) is 15.4. The molecule has 5 aromatic carbocycles. The Kier molecular flexibility index (Phi) is 12.3. The molecule has 5 aromatic rings. The zero-order valence-corrected chi connectivity index (χ0v) is 36.7. The van der Waals surface area contributed by atoms with Crippen LogP contribution in [0.3, 0.4) is 0 Å². The van der Waals surface area contributed by atoms with E-state index < -0.39 is 0 Å². The second kappa shape index (κ2) is 17.4. The number of aryl methyl sites for hydroxylation is 1. The van der Waals surface area contributed by atoms with Crippen molar-refractivity contribution in [2.24, 2.45) is 17.8 Å². The maximum Gasteiger partial charge on any atom is 0.196 e. The van der Waals surface area contributed by atoms with Gasteiger partial charge in [0, 0.05) is 51.6 Å². The number of rotatable bonds is 10. The minimum atomic E-state index is -0.0778. The first-order valence-electron chi connectivity index (χ1n) is 21.3. The monoisotopic (exact) mass is 808 g/mol. The van der Waals surface area contributed by atoms with E-state index in [2.05, 4.69) is 113 Å². The van der Waals surface area contributed by atoms with E-state index in [9.17, 15) is 9.59 Å². The summed E-state index contributed by atoms with van der Waals surface area (Å²) in [6.07, 6.45) is 13.9. The van der Waals surface area contributed by atoms with Crippen molar-refractivity contribution in [3.05, 3.63) is 142 Å². The molecule has 0 aromatic heterocycles. The third-order valence-electron chi connectivity index (χ3n) is 12.9. The van der Waals surface area contributed by atoms with Crippen molar-refractivity contribution in [2.75, 3.05) is 0 Å². The fourth-order valence-corrected chi connectivity index (χ4v) is 12.5. The van der Waals surface area contributed by atoms with Gasteiger partial charge in [-0.3, -0.25) is 9.59 Å². The molecule has 0 unspecified atom stereocenters. The Balaban J connectivity index is 1.04. The second-order valence-electron chi connectivity index (χ2n) is 17.8. The fourth-order valence-electron chi connectivity index (χ4n) is 9.58. The van der Waals surface area contributed by atoms with Crippen LogP contribution >= 0.6 is 35.3 Å². The molecule has 0 N–H and O–H groups in total. The van der Waals surface area contributed by atoms with Crippen molar-refractivity contribution >= 4 is 46.9 Å². The summed E-state index contributed by atoms with van der Waals surface area (Å²) in [5.74, 6) is 3.31. The Labute approximate surface area is 353 Å². The van der Waals surface area contributed by atoms with Crippen molar-refractivity contribution in [2.45, 2.75) is 140 Å². The van der Waals surface area contributed by atoms with Crippen LogP contribution in [0.2, 0.25) is 0 Å². The summed E-state index contributed by atoms with van der Waals surface area (Å²) in [6.45, 7) is 11.0. The summed E-state index contributed by atoms with van der Waals surface area (Å²) in [5.41, 5.74) is 5.98. The van der Waals surface area contributed by atoms with Gasteiger partial charge in [0.05, 0.1) is 0 Å². The van der Waals surface area contributed by atoms with Crippen LogP contribution in [0.15, 0.2) is 133 Å². The van der Waals surface area contributed by atoms with Crippen LogP contribution in [-0.2, 0) is 5.41 Å². The highest BCUT2D eigenvalue weighted by molar-refractivity contribution is 8.00. The molecule has 0 radical (unpaired) electrons. The summed E-state index contributed by atoms with van der Waals surface area (Å²) in [4.78, 5) is 35.3. The number of carbonyl (C=O) groups excluding carboxylic acids is 2. The number of benzene rings is 5. The molecule has 0 atom stereocenters. The van der Waals surface area contributed by atoms with Gasteiger partial charge >= 0.3 is 0 Å². The first kappa shape index (κ1) is 40.3. The van der Waals surface area contributed by atoms with E-state index in [1.165, 1.54) is 80.9 Å². The number of hydrogen-bond donors (Lipinski definition) is 0. The predicted molar refractivity (Wildman–Crippen MR) is 240 cm³/mol. The zero-order chi connectivity index (χ0) is 39.7. The molecule has 0 heterocycles. The minimum Gasteiger partial charge on any atom is -0.289 e. The second-order valence-corrected chi connectivity index (χ2v) is 21.1. The third-order valence-corrected chi connectivity index (χ3v) is 16.1. The lowest BCUT2D eigenvalue weighted by Gasteiger charge is -2.38. The average molecular weight is 809 g/mol. The molecular formula is C52H56O2S3. The van der Waals surface area contributed by atoms with E-state index in [1.54, 1.807) is 35.3 Å². The lowest BCUT2D eigenvalue weighted by atomic mass is 9.68. The summed E-state index contributed by atoms with van der Waals surface area (Å²) >= 11 is 4.72. The Morgan fingerprint density at radius 1 is 0.544 bits per heavy atom. The van der Waals surface area contributed by atoms with E-state index in [0.717, 1.165) is 47.1 Å². The lowest BCUT2D eigenvalue weighted by Crippen LogP contribution is -2.25. The van der Waals surface area contributed by atoms with E-state index in [-0.39, 0.29) is 17.0 Å². The molecule has 2 saturated carbocycles. The molecule has 294 valence electrons. The molecular weight excluding hydrogens is 753 g/mol. The molecule has 3 aliphatic rings. The largest absolute Gasteiger partial charge is 0.289 e. The number of carbonyl (C=O) groups is 2. The highest BCUT2D eigenvalue weighted by Gasteiger charge is 2.37. The van der Waals surface area contributed by atoms with Gasteiger partial charge in [-0.1, -0.05) is 143 Å². The topological polar surface area (TPSA) is 34.1 Å². The summed E-state index contributed by atoms with van der Waals surface area (Å²) in [7, 11) is 0. The summed E-state index contributed by atoms with van der Waals surface area (Å²) in [5, 5.41) is 0. The van der Waals surface area contributed by atoms with E-state index in [1.807, 2.05) is 24.3 Å². The van der Waals surface area contributed by atoms with Gasteiger partial charge in [-0.25, -0.2) is 0 Å². The average Bonchev–Trinajstić information content (AvgIpc) is 3.22. The van der Waals surface area contributed by atoms with Crippen LogP contribution in [0.25, 0.3) is 0 Å². The van der Waals surface area contributed by atoms with Crippen molar-refractivity contribution in [1.29, 1.82) is 0 Å². The summed E-state index contributed by atoms with van der Waals surface area (Å²) in [6, 6.07) is 35.9. The van der Waals surface area contributed by atoms with Crippen molar-refractivity contribution in [3.63, 3.8) is 0 Å². The van der Waals surface area contributed by atoms with E-state index in [4.69, 9.17) is 0 Å². The van der Waals surface area contributed by atoms with Crippen molar-refractivity contribution in [3.8, 4) is 0 Å². The van der Waals surface area contributed by atoms with E-state index >= 15 is 0 Å². The van der Waals surface area contributed by atoms with Gasteiger partial charge < -0.3 is 0 Å². The molecule has 8 rings (SSSR count). The SMILES string of the molecule is CCCC1CCC(C2CCC(c3ccc(Sc4ccc(Sc5ccc(C)cc5)c5c4C(=O)c4cccc(Sc6ccc(C(C)(C)C)cc6)c4C5=O)cc3)CC2)CC1. The molecule has 57 heavy (non-hydrogen) atoms. The zero-order valence-electron chi connectivity index (χ0n) is 34.2. The molecule has 2 fully saturated rings. The van der Waals surface area contributed by atoms with Crippen LogP contribution < -0.4 is 0 Å². The van der Waals surface area contributed by atoms with Crippen LogP contribution in [-0.4, -0.2) is 11.6 Å². The number of hydrogen-bond acceptors (Lipinski definition) is 5. The standard InChI is InChI=1S/C52H56O2S3/c1-6-8-34-13-15-35(16-14-34)36-17-19-37(20-18-36)38-21-27-41(28-22-38)57-45-31-32-46(56-40-25-11-33(2)12-26-40)49-48(45)50(53)43-9-7-10-44(47(43)51(49)54)55-42-29-23-39(24-30-42)52(3,4)5/h7,9-12,21-32,34-37H,6,8,13-20H2,1-5H3. The Morgan fingerprint density at radius 2 is 1.04 bits per heavy atom. The maximum atomic E-state index is 14.9. The first-order valence-corrected chi connectivity index (χ1v) is 23.7. The van der Waals surface area contributed by atoms with E-state index in [0.29, 0.717) is 28.2 Å². The third kappa shape index (κ3) is 8.92. The van der Waals surface area contributed by atoms with Gasteiger partial charge in [0.25, 0.3) is 0 Å². The van der Waals surface area contributed by atoms with Gasteiger partial charge in [0.1, 0.15) is 0 Å². The molecule has 3 aliphatic carbocycles. The molecule has 0 spiro atoms. The number of fused-ring (bicyclic) bond motifs is 2. The van der Waals surface area contributed by atoms with Crippen LogP contribution in [0.5, 0.6) is 0 Å². The molecule has 0 aliphatic heterocycles. The quantitative estimate of drug-likeness (QED) is 0.138. The fraction of sp³-hybridized carbons (Fsp3) is 0.385. The molecule has 0 amide bonds. The molecule has 0 saturated heterocycles. The number of ketones is 2. The molecule has 2 nitrogen and oxygen atoms in total. The molecule has 0 bridgehead atoms. The van der Waals surface area contributed by atoms with Gasteiger partial charge in [-0.2, -0.15) is 0 Å². The Morgan fingerprint density at radius 3 is 1.58 bits per heavy atom. The maximum absolute atomic E-state index is 14.9. The highest BCUT2D eigenvalue weighted by atomic mass is 32.2. The van der Waals surface area contributed by atoms with Crippen LogP contribution in [0, 0.1) is 24.7 Å². The van der Waals surface area contributed by atoms with Crippen LogP contribution in [0.4, 0.5) is 0 Å². The first-order chi connectivity index (χ1) is 27.6. The van der Waals surface area contributed by atoms with Crippen molar-refractivity contribution < 1.29 is 9.59 Å². The van der Waals surface area contributed by atoms with Gasteiger partial charge in [0.2, 0.25) is 0 Å². The summed E-state index contributed by atoms with van der Waals surface area (Å²) < 4.78 is 0. The van der Waals surface area contributed by atoms with Gasteiger partial charge in [0.15, 0.2) is 11.6 Å². The highest BCUT2D eigenvalue weighted by Crippen LogP contribution is 2.47. The van der Waals surface area contributed by atoms with Crippen molar-refractivity contribution in [1.82, 2.24) is 0 Å². The Bertz CT molecular complexity index is 2210.